The Balaban J connectivity index is 1.52. The van der Waals surface area contributed by atoms with Crippen LogP contribution in [0.5, 0.6) is 0 Å². The van der Waals surface area contributed by atoms with Gasteiger partial charge in [0.05, 0.1) is 19.0 Å². The Morgan fingerprint density at radius 3 is 2.25 bits per heavy atom. The van der Waals surface area contributed by atoms with E-state index in [9.17, 15) is 48.2 Å². The van der Waals surface area contributed by atoms with Gasteiger partial charge in [0.1, 0.15) is 23.7 Å². The number of primary amides is 1. The molecule has 9 N–H and O–H groups in total. The molecule has 2 aliphatic rings. The molecule has 0 aromatic heterocycles. The number of nitrogens with one attached hydrogen (secondary N) is 4. The second-order valence-electron chi connectivity index (χ2n) is 14.2. The van der Waals surface area contributed by atoms with Crippen molar-refractivity contribution in [3.63, 3.8) is 0 Å². The minimum Gasteiger partial charge on any atom is -0.481 e. The van der Waals surface area contributed by atoms with E-state index in [2.05, 4.69) is 21.3 Å². The molecule has 1 fully saturated rings. The number of carboxylic acid groups (broad SMARTS) is 1. The first-order valence-electron chi connectivity index (χ1n) is 18.4. The fourth-order valence-corrected chi connectivity index (χ4v) is 7.91. The summed E-state index contributed by atoms with van der Waals surface area (Å²) in [6.07, 6.45) is 3.39. The Morgan fingerprint density at radius 2 is 1.57 bits per heavy atom. The van der Waals surface area contributed by atoms with Gasteiger partial charge in [-0.3, -0.25) is 33.3 Å². The van der Waals surface area contributed by atoms with Crippen LogP contribution in [-0.4, -0.2) is 80.6 Å². The van der Waals surface area contributed by atoms with Crippen LogP contribution in [0.15, 0.2) is 78.9 Å². The van der Waals surface area contributed by atoms with E-state index < -0.39 is 85.8 Å². The van der Waals surface area contributed by atoms with Gasteiger partial charge in [-0.2, -0.15) is 0 Å². The molecular weight excluding hydrogens is 743 g/mol. The number of benzene rings is 3. The number of carbonyl (C=O) groups excluding carboxylic acids is 5. The number of carbonyl (C=O) groups is 6. The zero-order valence-corrected chi connectivity index (χ0v) is 31.6. The number of nitrogens with two attached hydrogens (primary N) is 1. The number of amides is 5. The molecule has 17 heteroatoms. The van der Waals surface area contributed by atoms with Crippen LogP contribution in [0, 0.1) is 0 Å². The fraction of sp³-hybridized carbons (Fsp3) is 0.385. The van der Waals surface area contributed by atoms with Gasteiger partial charge in [-0.05, 0) is 53.3 Å². The van der Waals surface area contributed by atoms with Gasteiger partial charge in [0.2, 0.25) is 29.5 Å². The van der Waals surface area contributed by atoms with E-state index in [4.69, 9.17) is 5.73 Å². The molecule has 3 aromatic rings. The van der Waals surface area contributed by atoms with Gasteiger partial charge in [0.25, 0.3) is 0 Å². The summed E-state index contributed by atoms with van der Waals surface area (Å²) in [5.41, 5.74) is 5.41. The quantitative estimate of drug-likeness (QED) is 0.109. The van der Waals surface area contributed by atoms with E-state index in [-0.39, 0.29) is 32.4 Å². The number of fused-ring (bicyclic) bond motifs is 1. The summed E-state index contributed by atoms with van der Waals surface area (Å²) in [5.74, 6) is -5.16. The van der Waals surface area contributed by atoms with Gasteiger partial charge in [-0.1, -0.05) is 86.0 Å². The van der Waals surface area contributed by atoms with E-state index in [1.165, 1.54) is 29.2 Å². The van der Waals surface area contributed by atoms with E-state index in [1.807, 2.05) is 42.5 Å². The summed E-state index contributed by atoms with van der Waals surface area (Å²) in [7, 11) is -4.40. The fourth-order valence-electron chi connectivity index (χ4n) is 7.22. The van der Waals surface area contributed by atoms with E-state index >= 15 is 0 Å². The summed E-state index contributed by atoms with van der Waals surface area (Å²) in [4.78, 5) is 101. The van der Waals surface area contributed by atoms with Gasteiger partial charge in [0, 0.05) is 18.8 Å². The lowest BCUT2D eigenvalue weighted by Crippen LogP contribution is -2.65. The normalized spacial score (nSPS) is 21.5. The van der Waals surface area contributed by atoms with Crippen LogP contribution in [-0.2, 0) is 46.0 Å². The van der Waals surface area contributed by atoms with Crippen molar-refractivity contribution in [1.29, 1.82) is 0 Å². The number of hydrogen-bond acceptors (Lipinski definition) is 8. The number of nitrogens with zero attached hydrogens (tertiary/aromatic N) is 1. The molecule has 298 valence electrons. The van der Waals surface area contributed by atoms with E-state index in [0.29, 0.717) is 24.1 Å². The van der Waals surface area contributed by atoms with Crippen molar-refractivity contribution in [2.75, 3.05) is 11.4 Å². The predicted octanol–water partition coefficient (Wildman–Crippen LogP) is 2.11. The van der Waals surface area contributed by atoms with Crippen molar-refractivity contribution in [2.45, 2.75) is 87.7 Å². The van der Waals surface area contributed by atoms with Crippen LogP contribution in [0.1, 0.15) is 62.5 Å². The Morgan fingerprint density at radius 1 is 0.875 bits per heavy atom. The maximum absolute atomic E-state index is 14.3. The molecule has 1 aliphatic heterocycles. The topological polar surface area (TPSA) is 258 Å². The predicted molar refractivity (Wildman–Crippen MR) is 207 cm³/mol. The molecule has 0 radical (unpaired) electrons. The molecule has 3 aromatic carbocycles. The average Bonchev–Trinajstić information content (AvgIpc) is 3.15. The van der Waals surface area contributed by atoms with Gasteiger partial charge < -0.3 is 46.8 Å². The third-order valence-electron chi connectivity index (χ3n) is 10.0. The number of anilines is 1. The molecule has 0 saturated heterocycles. The highest BCUT2D eigenvalue weighted by atomic mass is 31.2. The highest BCUT2D eigenvalue weighted by molar-refractivity contribution is 7.50. The lowest BCUT2D eigenvalue weighted by Gasteiger charge is -2.40. The third-order valence-corrected chi connectivity index (χ3v) is 10.8. The Bertz CT molecular complexity index is 2020. The third kappa shape index (κ3) is 11.0. The lowest BCUT2D eigenvalue weighted by atomic mass is 9.80. The number of hydrogen-bond donors (Lipinski definition) is 8. The highest BCUT2D eigenvalue weighted by Crippen LogP contribution is 2.39. The Hall–Kier alpha value is -5.57. The second kappa shape index (κ2) is 18.4. The van der Waals surface area contributed by atoms with Crippen molar-refractivity contribution in [3.05, 3.63) is 90.0 Å². The molecule has 1 aliphatic carbocycles. The summed E-state index contributed by atoms with van der Waals surface area (Å²) in [6, 6.07) is 15.2. The molecule has 1 saturated carbocycles. The minimum absolute atomic E-state index is 0.0784. The van der Waals surface area contributed by atoms with Crippen molar-refractivity contribution in [1.82, 2.24) is 21.3 Å². The number of aliphatic carboxylic acids is 1. The van der Waals surface area contributed by atoms with Gasteiger partial charge in [-0.25, -0.2) is 0 Å². The maximum atomic E-state index is 14.3. The number of carboxylic acids is 1. The zero-order chi connectivity index (χ0) is 40.5. The average molecular weight is 791 g/mol. The summed E-state index contributed by atoms with van der Waals surface area (Å²) >= 11 is 0. The molecule has 5 amide bonds. The van der Waals surface area contributed by atoms with Crippen molar-refractivity contribution < 1.29 is 48.2 Å². The van der Waals surface area contributed by atoms with Crippen molar-refractivity contribution in [3.8, 4) is 0 Å². The van der Waals surface area contributed by atoms with E-state index in [0.717, 1.165) is 22.8 Å². The van der Waals surface area contributed by atoms with Crippen LogP contribution >= 0.6 is 7.60 Å². The molecule has 56 heavy (non-hydrogen) atoms. The van der Waals surface area contributed by atoms with Crippen molar-refractivity contribution in [2.24, 2.45) is 5.73 Å². The molecule has 1 spiro atoms. The lowest BCUT2D eigenvalue weighted by molar-refractivity contribution is -0.141. The minimum atomic E-state index is -4.40. The van der Waals surface area contributed by atoms with Gasteiger partial charge in [0.15, 0.2) is 0 Å². The van der Waals surface area contributed by atoms with Crippen LogP contribution < -0.4 is 31.9 Å². The number of rotatable bonds is 10. The molecular formula is C39H47N6O10P. The molecule has 0 bridgehead atoms. The Labute approximate surface area is 323 Å². The summed E-state index contributed by atoms with van der Waals surface area (Å²) in [6.45, 7) is 0.0433. The van der Waals surface area contributed by atoms with Crippen LogP contribution in [0.3, 0.4) is 0 Å². The smallest absolute Gasteiger partial charge is 0.329 e. The summed E-state index contributed by atoms with van der Waals surface area (Å²) < 4.78 is 11.6. The monoisotopic (exact) mass is 790 g/mol. The van der Waals surface area contributed by atoms with Crippen molar-refractivity contribution >= 4 is 59.6 Å². The zero-order valence-electron chi connectivity index (χ0n) is 30.7. The summed E-state index contributed by atoms with van der Waals surface area (Å²) in [5, 5.41) is 22.9. The molecule has 3 atom stereocenters. The highest BCUT2D eigenvalue weighted by Gasteiger charge is 2.45. The van der Waals surface area contributed by atoms with Gasteiger partial charge >= 0.3 is 13.6 Å². The molecule has 16 nitrogen and oxygen atoms in total. The molecule has 1 heterocycles. The largest absolute Gasteiger partial charge is 0.481 e. The van der Waals surface area contributed by atoms with Crippen LogP contribution in [0.25, 0.3) is 10.8 Å². The van der Waals surface area contributed by atoms with E-state index in [1.54, 1.807) is 12.2 Å². The first-order valence-corrected chi connectivity index (χ1v) is 20.2. The second-order valence-corrected chi connectivity index (χ2v) is 15.9. The molecule has 0 unspecified atom stereocenters. The van der Waals surface area contributed by atoms with Crippen LogP contribution in [0.4, 0.5) is 5.69 Å². The Kier molecular flexibility index (Phi) is 13.6. The standard InChI is InChI=1S/C39H47N6O10P/c40-33(46)21-31-36(50)42-30(35(49)41-23-27-11-8-10-26-9-2-3-12-29(26)27)13-4-7-20-45(28-16-14-25(15-17-28)24-56(53,54)55)32(22-34(47)48)37(51)44-39(38(52)43-31)18-5-1-6-19-39/h2-4,7-12,14-17,30-32H,1,5-6,13,18-24H2,(H2,40,46)(H,41,49)(H,42,50)(H,43,52)(H,44,51)(H,47,48)(H2,53,54,55)/b7-4+/t30-,31-,32-/m0/s1. The SMILES string of the molecule is NC(=O)C[C@@H]1NC(=O)C2(CCCCC2)NC(=O)[C@H](CC(=O)O)N(c2ccc(CP(=O)(O)O)cc2)C/C=C/C[C@@H](C(=O)NCc2cccc3ccccc23)NC1=O. The maximum Gasteiger partial charge on any atom is 0.329 e. The molecule has 5 rings (SSSR count). The first-order chi connectivity index (χ1) is 26.6. The van der Waals surface area contributed by atoms with Crippen LogP contribution in [0.2, 0.25) is 0 Å². The van der Waals surface area contributed by atoms with Gasteiger partial charge in [-0.15, -0.1) is 0 Å². The first kappa shape index (κ1) is 41.6.